The fourth-order valence-electron chi connectivity index (χ4n) is 2.20. The molecule has 2 aromatic carbocycles. The van der Waals surface area contributed by atoms with E-state index in [0.717, 1.165) is 15.7 Å². The highest BCUT2D eigenvalue weighted by Gasteiger charge is 2.07. The Balaban J connectivity index is 1.47. The second-order valence-corrected chi connectivity index (χ2v) is 6.17. The average Bonchev–Trinajstić information content (AvgIpc) is 3.15. The van der Waals surface area contributed by atoms with Gasteiger partial charge in [-0.2, -0.15) is 0 Å². The summed E-state index contributed by atoms with van der Waals surface area (Å²) in [5.74, 6) is 0.524. The van der Waals surface area contributed by atoms with Crippen molar-refractivity contribution in [1.29, 1.82) is 0 Å². The van der Waals surface area contributed by atoms with Gasteiger partial charge in [0.25, 0.3) is 5.91 Å². The van der Waals surface area contributed by atoms with Gasteiger partial charge in [-0.3, -0.25) is 4.79 Å². The SMILES string of the molecule is COc1cccc(C(=O)NCCNc2nnc(-c3ccccc3)s2)c1. The minimum atomic E-state index is -0.136. The summed E-state index contributed by atoms with van der Waals surface area (Å²) in [6.45, 7) is 1.05. The molecule has 0 saturated heterocycles. The van der Waals surface area contributed by atoms with Crippen molar-refractivity contribution in [2.45, 2.75) is 0 Å². The molecule has 1 aromatic heterocycles. The Morgan fingerprint density at radius 2 is 1.92 bits per heavy atom. The fourth-order valence-corrected chi connectivity index (χ4v) is 2.98. The number of aromatic nitrogens is 2. The first-order valence-corrected chi connectivity index (χ1v) is 8.63. The summed E-state index contributed by atoms with van der Waals surface area (Å²) < 4.78 is 5.12. The van der Waals surface area contributed by atoms with E-state index in [0.29, 0.717) is 24.4 Å². The molecular formula is C18H18N4O2S. The molecule has 0 aliphatic rings. The maximum absolute atomic E-state index is 12.1. The van der Waals surface area contributed by atoms with Crippen molar-refractivity contribution in [3.05, 3.63) is 60.2 Å². The molecule has 3 aromatic rings. The van der Waals surface area contributed by atoms with Crippen LogP contribution in [0.1, 0.15) is 10.4 Å². The highest BCUT2D eigenvalue weighted by molar-refractivity contribution is 7.18. The summed E-state index contributed by atoms with van der Waals surface area (Å²) in [5.41, 5.74) is 1.61. The van der Waals surface area contributed by atoms with Crippen molar-refractivity contribution in [3.63, 3.8) is 0 Å². The van der Waals surface area contributed by atoms with Crippen LogP contribution in [-0.2, 0) is 0 Å². The Hall–Kier alpha value is -2.93. The molecule has 0 atom stereocenters. The van der Waals surface area contributed by atoms with Crippen LogP contribution in [0.15, 0.2) is 54.6 Å². The van der Waals surface area contributed by atoms with Crippen LogP contribution in [0.2, 0.25) is 0 Å². The van der Waals surface area contributed by atoms with E-state index in [1.165, 1.54) is 11.3 Å². The minimum absolute atomic E-state index is 0.136. The highest BCUT2D eigenvalue weighted by atomic mass is 32.1. The first-order chi connectivity index (χ1) is 12.3. The van der Waals surface area contributed by atoms with Gasteiger partial charge in [0.2, 0.25) is 5.13 Å². The molecule has 0 bridgehead atoms. The molecule has 0 radical (unpaired) electrons. The van der Waals surface area contributed by atoms with Crippen molar-refractivity contribution in [1.82, 2.24) is 15.5 Å². The fraction of sp³-hybridized carbons (Fsp3) is 0.167. The van der Waals surface area contributed by atoms with Crippen LogP contribution in [0.4, 0.5) is 5.13 Å². The van der Waals surface area contributed by atoms with Gasteiger partial charge in [-0.1, -0.05) is 47.7 Å². The Bertz CT molecular complexity index is 836. The number of rotatable bonds is 7. The summed E-state index contributed by atoms with van der Waals surface area (Å²) in [4.78, 5) is 12.1. The van der Waals surface area contributed by atoms with Crippen LogP contribution in [0.5, 0.6) is 5.75 Å². The van der Waals surface area contributed by atoms with Gasteiger partial charge in [-0.05, 0) is 18.2 Å². The van der Waals surface area contributed by atoms with E-state index in [4.69, 9.17) is 4.74 Å². The molecule has 3 rings (SSSR count). The third kappa shape index (κ3) is 4.54. The van der Waals surface area contributed by atoms with Crippen LogP contribution < -0.4 is 15.4 Å². The van der Waals surface area contributed by atoms with Crippen molar-refractivity contribution < 1.29 is 9.53 Å². The summed E-state index contributed by atoms with van der Waals surface area (Å²) in [7, 11) is 1.58. The normalized spacial score (nSPS) is 10.3. The number of nitrogens with one attached hydrogen (secondary N) is 2. The quantitative estimate of drug-likeness (QED) is 0.638. The molecule has 25 heavy (non-hydrogen) atoms. The molecule has 0 aliphatic heterocycles. The van der Waals surface area contributed by atoms with Crippen molar-refractivity contribution in [2.24, 2.45) is 0 Å². The molecule has 6 nitrogen and oxygen atoms in total. The molecule has 1 amide bonds. The Morgan fingerprint density at radius 3 is 2.72 bits per heavy atom. The van der Waals surface area contributed by atoms with E-state index >= 15 is 0 Å². The van der Waals surface area contributed by atoms with Crippen LogP contribution in [-0.4, -0.2) is 36.3 Å². The number of ether oxygens (including phenoxy) is 1. The number of benzene rings is 2. The largest absolute Gasteiger partial charge is 0.497 e. The van der Waals surface area contributed by atoms with E-state index in [1.54, 1.807) is 31.4 Å². The average molecular weight is 354 g/mol. The van der Waals surface area contributed by atoms with Crippen LogP contribution in [0.25, 0.3) is 10.6 Å². The lowest BCUT2D eigenvalue weighted by Gasteiger charge is -2.07. The summed E-state index contributed by atoms with van der Waals surface area (Å²) in [5, 5.41) is 15.9. The monoisotopic (exact) mass is 354 g/mol. The molecule has 0 aliphatic carbocycles. The summed E-state index contributed by atoms with van der Waals surface area (Å²) in [6.07, 6.45) is 0. The zero-order valence-corrected chi connectivity index (χ0v) is 14.5. The van der Waals surface area contributed by atoms with Crippen molar-refractivity contribution in [2.75, 3.05) is 25.5 Å². The Kier molecular flexibility index (Phi) is 5.58. The number of hydrogen-bond acceptors (Lipinski definition) is 6. The topological polar surface area (TPSA) is 76.1 Å². The first-order valence-electron chi connectivity index (χ1n) is 7.81. The van der Waals surface area contributed by atoms with Crippen molar-refractivity contribution >= 4 is 22.4 Å². The van der Waals surface area contributed by atoms with Crippen LogP contribution in [0, 0.1) is 0 Å². The highest BCUT2D eigenvalue weighted by Crippen LogP contribution is 2.25. The predicted octanol–water partition coefficient (Wildman–Crippen LogP) is 3.06. The standard InChI is InChI=1S/C18H18N4O2S/c1-24-15-9-5-8-14(12-15)16(23)19-10-11-20-18-22-21-17(25-18)13-6-3-2-4-7-13/h2-9,12H,10-11H2,1H3,(H,19,23)(H,20,22). The molecule has 0 fully saturated rings. The van der Waals surface area contributed by atoms with Crippen LogP contribution in [0.3, 0.4) is 0 Å². The van der Waals surface area contributed by atoms with Gasteiger partial charge in [0.05, 0.1) is 7.11 Å². The van der Waals surface area contributed by atoms with Gasteiger partial charge in [0.15, 0.2) is 0 Å². The molecule has 2 N–H and O–H groups in total. The number of anilines is 1. The zero-order valence-electron chi connectivity index (χ0n) is 13.7. The Morgan fingerprint density at radius 1 is 1.08 bits per heavy atom. The number of hydrogen-bond donors (Lipinski definition) is 2. The molecule has 1 heterocycles. The maximum Gasteiger partial charge on any atom is 0.251 e. The van der Waals surface area contributed by atoms with Gasteiger partial charge in [-0.15, -0.1) is 10.2 Å². The van der Waals surface area contributed by atoms with E-state index in [9.17, 15) is 4.79 Å². The molecule has 0 unspecified atom stereocenters. The molecule has 7 heteroatoms. The summed E-state index contributed by atoms with van der Waals surface area (Å²) in [6, 6.07) is 17.0. The van der Waals surface area contributed by atoms with Gasteiger partial charge < -0.3 is 15.4 Å². The van der Waals surface area contributed by atoms with Crippen LogP contribution >= 0.6 is 11.3 Å². The van der Waals surface area contributed by atoms with Gasteiger partial charge in [-0.25, -0.2) is 0 Å². The zero-order chi connectivity index (χ0) is 17.5. The van der Waals surface area contributed by atoms with Crippen molar-refractivity contribution in [3.8, 4) is 16.3 Å². The van der Waals surface area contributed by atoms with Gasteiger partial charge in [0, 0.05) is 24.2 Å². The lowest BCUT2D eigenvalue weighted by Crippen LogP contribution is -2.28. The minimum Gasteiger partial charge on any atom is -0.497 e. The van der Waals surface area contributed by atoms with E-state index in [1.807, 2.05) is 30.3 Å². The molecule has 0 spiro atoms. The number of amides is 1. The first kappa shape index (κ1) is 16.9. The third-order valence-corrected chi connectivity index (χ3v) is 4.39. The summed E-state index contributed by atoms with van der Waals surface area (Å²) >= 11 is 1.48. The smallest absolute Gasteiger partial charge is 0.251 e. The number of carbonyl (C=O) groups excluding carboxylic acids is 1. The second-order valence-electron chi connectivity index (χ2n) is 5.19. The number of nitrogens with zero attached hydrogens (tertiary/aromatic N) is 2. The molecule has 128 valence electrons. The number of methoxy groups -OCH3 is 1. The van der Waals surface area contributed by atoms with Gasteiger partial charge >= 0.3 is 0 Å². The second kappa shape index (κ2) is 8.25. The van der Waals surface area contributed by atoms with E-state index < -0.39 is 0 Å². The maximum atomic E-state index is 12.1. The van der Waals surface area contributed by atoms with Gasteiger partial charge in [0.1, 0.15) is 10.8 Å². The number of carbonyl (C=O) groups is 1. The third-order valence-electron chi connectivity index (χ3n) is 3.46. The predicted molar refractivity (Wildman–Crippen MR) is 99.2 cm³/mol. The molecule has 0 saturated carbocycles. The Labute approximate surface area is 149 Å². The lowest BCUT2D eigenvalue weighted by atomic mass is 10.2. The van der Waals surface area contributed by atoms with E-state index in [-0.39, 0.29) is 5.91 Å². The lowest BCUT2D eigenvalue weighted by molar-refractivity contribution is 0.0955. The van der Waals surface area contributed by atoms with E-state index in [2.05, 4.69) is 20.8 Å². The molecular weight excluding hydrogens is 336 g/mol.